The van der Waals surface area contributed by atoms with Gasteiger partial charge in [-0.2, -0.15) is 0 Å². The lowest BCUT2D eigenvalue weighted by atomic mass is 9.97. The first-order valence-corrected chi connectivity index (χ1v) is 7.09. The highest BCUT2D eigenvalue weighted by atomic mass is 79.9. The first kappa shape index (κ1) is 14.2. The number of benzene rings is 2. The summed E-state index contributed by atoms with van der Waals surface area (Å²) in [4.78, 5) is 0. The van der Waals surface area contributed by atoms with E-state index in [1.807, 2.05) is 12.1 Å². The second kappa shape index (κ2) is 6.31. The Kier molecular flexibility index (Phi) is 4.72. The zero-order chi connectivity index (χ0) is 13.8. The number of halogens is 2. The van der Waals surface area contributed by atoms with Gasteiger partial charge in [0.15, 0.2) is 0 Å². The van der Waals surface area contributed by atoms with Crippen LogP contribution in [0.25, 0.3) is 0 Å². The maximum atomic E-state index is 13.2. The monoisotopic (exact) mass is 321 g/mol. The molecule has 0 heterocycles. The van der Waals surface area contributed by atoms with Crippen molar-refractivity contribution in [2.24, 2.45) is 5.73 Å². The van der Waals surface area contributed by atoms with Crippen molar-refractivity contribution in [1.29, 1.82) is 0 Å². The Morgan fingerprint density at radius 2 is 1.79 bits per heavy atom. The second-order valence-corrected chi connectivity index (χ2v) is 5.68. The number of aryl methyl sites for hydroxylation is 1. The molecule has 0 spiro atoms. The van der Waals surface area contributed by atoms with Crippen molar-refractivity contribution in [3.8, 4) is 0 Å². The van der Waals surface area contributed by atoms with Crippen LogP contribution in [-0.4, -0.2) is 6.04 Å². The van der Waals surface area contributed by atoms with E-state index in [4.69, 9.17) is 5.73 Å². The molecule has 2 aromatic carbocycles. The highest BCUT2D eigenvalue weighted by molar-refractivity contribution is 9.10. The average molecular weight is 322 g/mol. The van der Waals surface area contributed by atoms with Crippen LogP contribution in [0.2, 0.25) is 0 Å². The van der Waals surface area contributed by atoms with Crippen molar-refractivity contribution in [1.82, 2.24) is 0 Å². The zero-order valence-corrected chi connectivity index (χ0v) is 12.5. The minimum atomic E-state index is -0.221. The molecule has 0 aliphatic rings. The summed E-state index contributed by atoms with van der Waals surface area (Å²) in [5.74, 6) is -0.221. The smallest absolute Gasteiger partial charge is 0.123 e. The van der Waals surface area contributed by atoms with Crippen LogP contribution >= 0.6 is 15.9 Å². The quantitative estimate of drug-likeness (QED) is 0.904. The molecule has 2 rings (SSSR count). The van der Waals surface area contributed by atoms with E-state index in [0.29, 0.717) is 6.42 Å². The molecule has 0 aliphatic carbocycles. The molecular weight excluding hydrogens is 305 g/mol. The largest absolute Gasteiger partial charge is 0.327 e. The number of rotatable bonds is 4. The standard InChI is InChI=1S/C16H17BrFN/c1-11-4-2-3-5-12(11)9-15(19)10-13-8-14(18)6-7-16(13)17/h2-8,15H,9-10,19H2,1H3. The van der Waals surface area contributed by atoms with Gasteiger partial charge in [-0.05, 0) is 54.7 Å². The number of hydrogen-bond acceptors (Lipinski definition) is 1. The van der Waals surface area contributed by atoms with Crippen LogP contribution in [0.15, 0.2) is 46.9 Å². The third kappa shape index (κ3) is 3.88. The van der Waals surface area contributed by atoms with Crippen LogP contribution in [0.4, 0.5) is 4.39 Å². The van der Waals surface area contributed by atoms with Crippen LogP contribution in [-0.2, 0) is 12.8 Å². The van der Waals surface area contributed by atoms with E-state index in [9.17, 15) is 4.39 Å². The topological polar surface area (TPSA) is 26.0 Å². The lowest BCUT2D eigenvalue weighted by Crippen LogP contribution is -2.26. The summed E-state index contributed by atoms with van der Waals surface area (Å²) in [6.45, 7) is 2.08. The van der Waals surface area contributed by atoms with E-state index < -0.39 is 0 Å². The molecule has 0 aromatic heterocycles. The minimum absolute atomic E-state index is 0.0146. The predicted octanol–water partition coefficient (Wildman–Crippen LogP) is 4.01. The van der Waals surface area contributed by atoms with Gasteiger partial charge in [-0.3, -0.25) is 0 Å². The van der Waals surface area contributed by atoms with Crippen LogP contribution in [0.1, 0.15) is 16.7 Å². The molecule has 3 heteroatoms. The highest BCUT2D eigenvalue weighted by Crippen LogP contribution is 2.20. The molecule has 0 fully saturated rings. The Bertz CT molecular complexity index is 568. The van der Waals surface area contributed by atoms with Crippen molar-refractivity contribution in [2.75, 3.05) is 0 Å². The van der Waals surface area contributed by atoms with Crippen molar-refractivity contribution in [2.45, 2.75) is 25.8 Å². The minimum Gasteiger partial charge on any atom is -0.327 e. The molecule has 1 atom stereocenters. The molecule has 1 nitrogen and oxygen atoms in total. The molecule has 0 aliphatic heterocycles. The molecule has 2 N–H and O–H groups in total. The van der Waals surface area contributed by atoms with E-state index in [-0.39, 0.29) is 11.9 Å². The normalized spacial score (nSPS) is 12.4. The molecule has 0 saturated heterocycles. The molecule has 100 valence electrons. The summed E-state index contributed by atoms with van der Waals surface area (Å²) in [5.41, 5.74) is 9.60. The first-order valence-electron chi connectivity index (χ1n) is 6.30. The van der Waals surface area contributed by atoms with Gasteiger partial charge in [-0.1, -0.05) is 40.2 Å². The maximum Gasteiger partial charge on any atom is 0.123 e. The summed E-state index contributed by atoms with van der Waals surface area (Å²) in [7, 11) is 0. The molecule has 0 radical (unpaired) electrons. The van der Waals surface area contributed by atoms with E-state index in [1.165, 1.54) is 17.2 Å². The molecule has 1 unspecified atom stereocenters. The van der Waals surface area contributed by atoms with Gasteiger partial charge in [0.25, 0.3) is 0 Å². The summed E-state index contributed by atoms with van der Waals surface area (Å²) >= 11 is 3.44. The van der Waals surface area contributed by atoms with Crippen LogP contribution in [0.5, 0.6) is 0 Å². The summed E-state index contributed by atoms with van der Waals surface area (Å²) < 4.78 is 14.1. The SMILES string of the molecule is Cc1ccccc1CC(N)Cc1cc(F)ccc1Br. The number of hydrogen-bond donors (Lipinski definition) is 1. The van der Waals surface area contributed by atoms with Crippen molar-refractivity contribution in [3.05, 3.63) is 69.4 Å². The molecule has 0 amide bonds. The van der Waals surface area contributed by atoms with Gasteiger partial charge in [0, 0.05) is 10.5 Å². The predicted molar refractivity (Wildman–Crippen MR) is 80.7 cm³/mol. The van der Waals surface area contributed by atoms with Crippen molar-refractivity contribution < 1.29 is 4.39 Å². The molecule has 2 aromatic rings. The van der Waals surface area contributed by atoms with Gasteiger partial charge < -0.3 is 5.73 Å². The summed E-state index contributed by atoms with van der Waals surface area (Å²) in [6.07, 6.45) is 1.46. The molecule has 0 saturated carbocycles. The average Bonchev–Trinajstić information content (AvgIpc) is 2.37. The van der Waals surface area contributed by atoms with E-state index >= 15 is 0 Å². The van der Waals surface area contributed by atoms with Crippen LogP contribution in [0.3, 0.4) is 0 Å². The second-order valence-electron chi connectivity index (χ2n) is 4.83. The van der Waals surface area contributed by atoms with Gasteiger partial charge >= 0.3 is 0 Å². The van der Waals surface area contributed by atoms with Gasteiger partial charge in [0.2, 0.25) is 0 Å². The molecule has 0 bridgehead atoms. The Labute approximate surface area is 121 Å². The Hall–Kier alpha value is -1.19. The van der Waals surface area contributed by atoms with Crippen molar-refractivity contribution >= 4 is 15.9 Å². The Morgan fingerprint density at radius 1 is 1.11 bits per heavy atom. The Morgan fingerprint density at radius 3 is 2.53 bits per heavy atom. The Balaban J connectivity index is 2.07. The van der Waals surface area contributed by atoms with Crippen LogP contribution in [0, 0.1) is 12.7 Å². The number of nitrogens with two attached hydrogens (primary N) is 1. The zero-order valence-electron chi connectivity index (χ0n) is 10.9. The van der Waals surface area contributed by atoms with Gasteiger partial charge in [-0.25, -0.2) is 4.39 Å². The van der Waals surface area contributed by atoms with Gasteiger partial charge in [0.1, 0.15) is 5.82 Å². The molecule has 19 heavy (non-hydrogen) atoms. The third-order valence-corrected chi connectivity index (χ3v) is 4.01. The first-order chi connectivity index (χ1) is 9.06. The van der Waals surface area contributed by atoms with E-state index in [0.717, 1.165) is 16.5 Å². The third-order valence-electron chi connectivity index (χ3n) is 3.23. The fourth-order valence-electron chi connectivity index (χ4n) is 2.18. The summed E-state index contributed by atoms with van der Waals surface area (Å²) in [5, 5.41) is 0. The highest BCUT2D eigenvalue weighted by Gasteiger charge is 2.10. The molecular formula is C16H17BrFN. The van der Waals surface area contributed by atoms with Crippen LogP contribution < -0.4 is 5.73 Å². The lowest BCUT2D eigenvalue weighted by Gasteiger charge is -2.14. The maximum absolute atomic E-state index is 13.2. The van der Waals surface area contributed by atoms with Crippen molar-refractivity contribution in [3.63, 3.8) is 0 Å². The van der Waals surface area contributed by atoms with E-state index in [2.05, 4.69) is 35.0 Å². The lowest BCUT2D eigenvalue weighted by molar-refractivity contribution is 0.617. The summed E-state index contributed by atoms with van der Waals surface area (Å²) in [6, 6.07) is 12.9. The fraction of sp³-hybridized carbons (Fsp3) is 0.250. The fourth-order valence-corrected chi connectivity index (χ4v) is 2.58. The van der Waals surface area contributed by atoms with Gasteiger partial charge in [0.05, 0.1) is 0 Å². The van der Waals surface area contributed by atoms with Gasteiger partial charge in [-0.15, -0.1) is 0 Å². The van der Waals surface area contributed by atoms with E-state index in [1.54, 1.807) is 12.1 Å².